The maximum absolute atomic E-state index is 13.5. The van der Waals surface area contributed by atoms with Gasteiger partial charge in [-0.3, -0.25) is 4.68 Å². The highest BCUT2D eigenvalue weighted by Gasteiger charge is 2.22. The highest BCUT2D eigenvalue weighted by Crippen LogP contribution is 2.30. The fourth-order valence-corrected chi connectivity index (χ4v) is 4.93. The molecule has 0 saturated heterocycles. The van der Waals surface area contributed by atoms with E-state index in [1.807, 2.05) is 35.8 Å². The number of aromatic nitrogens is 5. The third-order valence-corrected chi connectivity index (χ3v) is 6.53. The molecule has 5 nitrogen and oxygen atoms in total. The average Bonchev–Trinajstić information content (AvgIpc) is 3.37. The van der Waals surface area contributed by atoms with Crippen molar-refractivity contribution in [1.29, 1.82) is 0 Å². The molecule has 5 rings (SSSR count). The molecule has 0 amide bonds. The molecular weight excluding hydrogens is 389 g/mol. The molecule has 0 bridgehead atoms. The number of pyridine rings is 1. The summed E-state index contributed by atoms with van der Waals surface area (Å²) in [5.74, 6) is 1.38. The monoisotopic (exact) mass is 417 g/mol. The van der Waals surface area contributed by atoms with E-state index >= 15 is 0 Å². The molecule has 31 heavy (non-hydrogen) atoms. The Kier molecular flexibility index (Phi) is 5.30. The first-order chi connectivity index (χ1) is 15.1. The van der Waals surface area contributed by atoms with Crippen molar-refractivity contribution >= 4 is 5.65 Å². The summed E-state index contributed by atoms with van der Waals surface area (Å²) < 4.78 is 17.5. The number of hydrogen-bond donors (Lipinski definition) is 0. The van der Waals surface area contributed by atoms with Gasteiger partial charge in [0.25, 0.3) is 0 Å². The molecule has 1 aromatic carbocycles. The van der Waals surface area contributed by atoms with Gasteiger partial charge in [0, 0.05) is 30.4 Å². The van der Waals surface area contributed by atoms with Crippen molar-refractivity contribution in [2.75, 3.05) is 0 Å². The largest absolute Gasteiger partial charge is 0.270 e. The predicted molar refractivity (Wildman–Crippen MR) is 119 cm³/mol. The van der Waals surface area contributed by atoms with Crippen molar-refractivity contribution in [1.82, 2.24) is 24.4 Å². The summed E-state index contributed by atoms with van der Waals surface area (Å²) in [5, 5.41) is 9.22. The Balaban J connectivity index is 1.27. The molecule has 0 N–H and O–H groups in total. The minimum atomic E-state index is -0.216. The molecule has 0 spiro atoms. The number of halogens is 1. The zero-order valence-corrected chi connectivity index (χ0v) is 18.2. The van der Waals surface area contributed by atoms with Crippen LogP contribution >= 0.6 is 0 Å². The van der Waals surface area contributed by atoms with Gasteiger partial charge in [0.1, 0.15) is 5.82 Å². The molecule has 0 radical (unpaired) electrons. The van der Waals surface area contributed by atoms with Crippen molar-refractivity contribution in [2.24, 2.45) is 5.92 Å². The van der Waals surface area contributed by atoms with E-state index in [1.165, 1.54) is 30.2 Å². The molecule has 3 heterocycles. The van der Waals surface area contributed by atoms with Crippen LogP contribution in [0.2, 0.25) is 0 Å². The molecule has 6 heteroatoms. The fourth-order valence-electron chi connectivity index (χ4n) is 4.93. The van der Waals surface area contributed by atoms with Crippen molar-refractivity contribution in [3.05, 3.63) is 71.2 Å². The molecular formula is C25H28FN5. The van der Waals surface area contributed by atoms with Crippen molar-refractivity contribution in [2.45, 2.75) is 58.9 Å². The molecule has 0 aliphatic heterocycles. The van der Waals surface area contributed by atoms with Crippen LogP contribution in [0.15, 0.2) is 42.7 Å². The lowest BCUT2D eigenvalue weighted by Crippen LogP contribution is -2.16. The predicted octanol–water partition coefficient (Wildman–Crippen LogP) is 5.19. The molecule has 1 aliphatic rings. The maximum Gasteiger partial charge on any atom is 0.163 e. The van der Waals surface area contributed by atoms with E-state index < -0.39 is 0 Å². The van der Waals surface area contributed by atoms with E-state index in [1.54, 1.807) is 6.07 Å². The quantitative estimate of drug-likeness (QED) is 0.434. The van der Waals surface area contributed by atoms with Gasteiger partial charge in [-0.05, 0) is 92.8 Å². The summed E-state index contributed by atoms with van der Waals surface area (Å²) in [4.78, 5) is 4.83. The summed E-state index contributed by atoms with van der Waals surface area (Å²) >= 11 is 0. The van der Waals surface area contributed by atoms with Crippen LogP contribution in [0.1, 0.15) is 48.8 Å². The Hall–Kier alpha value is -3.02. The number of benzene rings is 1. The van der Waals surface area contributed by atoms with Gasteiger partial charge in [-0.2, -0.15) is 10.2 Å². The van der Waals surface area contributed by atoms with Crippen LogP contribution in [0, 0.1) is 18.7 Å². The van der Waals surface area contributed by atoms with Gasteiger partial charge < -0.3 is 0 Å². The van der Waals surface area contributed by atoms with Gasteiger partial charge in [-0.25, -0.2) is 13.9 Å². The summed E-state index contributed by atoms with van der Waals surface area (Å²) in [6.45, 7) is 5.04. The van der Waals surface area contributed by atoms with Gasteiger partial charge in [0.2, 0.25) is 0 Å². The molecule has 160 valence electrons. The van der Waals surface area contributed by atoms with Crippen LogP contribution in [-0.4, -0.2) is 24.4 Å². The molecule has 0 unspecified atom stereocenters. The van der Waals surface area contributed by atoms with Crippen molar-refractivity contribution in [3.8, 4) is 11.1 Å². The lowest BCUT2D eigenvalue weighted by molar-refractivity contribution is 0.404. The second kappa shape index (κ2) is 8.25. The van der Waals surface area contributed by atoms with Gasteiger partial charge in [-0.15, -0.1) is 0 Å². The first-order valence-corrected chi connectivity index (χ1v) is 11.3. The van der Waals surface area contributed by atoms with Crippen molar-refractivity contribution in [3.63, 3.8) is 0 Å². The highest BCUT2D eigenvalue weighted by atomic mass is 19.1. The number of fused-ring (bicyclic) bond motifs is 2. The maximum atomic E-state index is 13.5. The van der Waals surface area contributed by atoms with E-state index in [-0.39, 0.29) is 5.82 Å². The van der Waals surface area contributed by atoms with Gasteiger partial charge >= 0.3 is 0 Å². The lowest BCUT2D eigenvalue weighted by atomic mass is 9.84. The topological polar surface area (TPSA) is 48.0 Å². The highest BCUT2D eigenvalue weighted by molar-refractivity contribution is 5.79. The Morgan fingerprint density at radius 3 is 2.94 bits per heavy atom. The van der Waals surface area contributed by atoms with Crippen molar-refractivity contribution < 1.29 is 4.39 Å². The Morgan fingerprint density at radius 2 is 2.10 bits per heavy atom. The van der Waals surface area contributed by atoms with Gasteiger partial charge in [0.05, 0.1) is 6.20 Å². The first-order valence-electron chi connectivity index (χ1n) is 11.3. The number of nitrogens with zero attached hydrogens (tertiary/aromatic N) is 5. The Labute approximate surface area is 181 Å². The standard InChI is InChI=1S/C25H28FN5/c1-3-30-23-12-9-18(15-19(23)16-27-30)6-4-8-24-28-25-22(7-5-13-31(25)29-24)21-11-10-20(26)14-17(21)2/h5,7,10-11,13-14,16,18H,3-4,6,8-9,12,15H2,1-2H3/t18-/m1/s1. The van der Waals surface area contributed by atoms with E-state index in [0.29, 0.717) is 0 Å². The molecule has 1 atom stereocenters. The van der Waals surface area contributed by atoms with E-state index in [0.717, 1.165) is 66.3 Å². The number of aryl methyl sites for hydroxylation is 3. The zero-order chi connectivity index (χ0) is 21.4. The number of hydrogen-bond acceptors (Lipinski definition) is 3. The minimum absolute atomic E-state index is 0.216. The Bertz CT molecular complexity index is 1220. The summed E-state index contributed by atoms with van der Waals surface area (Å²) in [6, 6.07) is 8.90. The van der Waals surface area contributed by atoms with Gasteiger partial charge in [0.15, 0.2) is 11.5 Å². The number of rotatable bonds is 6. The van der Waals surface area contributed by atoms with Crippen LogP contribution in [0.25, 0.3) is 16.8 Å². The molecule has 0 saturated carbocycles. The van der Waals surface area contributed by atoms with Crippen LogP contribution in [-0.2, 0) is 25.8 Å². The lowest BCUT2D eigenvalue weighted by Gasteiger charge is -2.22. The first kappa shape index (κ1) is 19.9. The van der Waals surface area contributed by atoms with Crippen LogP contribution in [0.5, 0.6) is 0 Å². The van der Waals surface area contributed by atoms with Gasteiger partial charge in [-0.1, -0.05) is 6.07 Å². The molecule has 4 aromatic rings. The molecule has 3 aromatic heterocycles. The van der Waals surface area contributed by atoms with E-state index in [2.05, 4.69) is 22.9 Å². The smallest absolute Gasteiger partial charge is 0.163 e. The zero-order valence-electron chi connectivity index (χ0n) is 18.2. The Morgan fingerprint density at radius 1 is 1.19 bits per heavy atom. The second-order valence-electron chi connectivity index (χ2n) is 8.61. The second-order valence-corrected chi connectivity index (χ2v) is 8.61. The normalized spacial score (nSPS) is 16.0. The molecule has 1 aliphatic carbocycles. The summed E-state index contributed by atoms with van der Waals surface area (Å²) in [6.07, 6.45) is 10.7. The van der Waals surface area contributed by atoms with Crippen LogP contribution in [0.3, 0.4) is 0 Å². The van der Waals surface area contributed by atoms with Crippen LogP contribution < -0.4 is 0 Å². The van der Waals surface area contributed by atoms with E-state index in [9.17, 15) is 4.39 Å². The van der Waals surface area contributed by atoms with Crippen LogP contribution in [0.4, 0.5) is 4.39 Å². The minimum Gasteiger partial charge on any atom is -0.270 e. The average molecular weight is 418 g/mol. The summed E-state index contributed by atoms with van der Waals surface area (Å²) in [7, 11) is 0. The third-order valence-electron chi connectivity index (χ3n) is 6.53. The SMILES string of the molecule is CCn1ncc2c1CC[C@@H](CCCc1nc3c(-c4ccc(F)cc4C)cccn3n1)C2. The third kappa shape index (κ3) is 3.87. The molecule has 0 fully saturated rings. The van der Waals surface area contributed by atoms with E-state index in [4.69, 9.17) is 10.1 Å². The fraction of sp³-hybridized carbons (Fsp3) is 0.400. The summed E-state index contributed by atoms with van der Waals surface area (Å²) in [5.41, 5.74) is 6.60.